The van der Waals surface area contributed by atoms with Crippen LogP contribution in [0.25, 0.3) is 22.0 Å². The minimum absolute atomic E-state index is 0.0473. The predicted octanol–water partition coefficient (Wildman–Crippen LogP) is 7.19. The first kappa shape index (κ1) is 28.4. The van der Waals surface area contributed by atoms with Crippen molar-refractivity contribution < 1.29 is 9.90 Å². The van der Waals surface area contributed by atoms with Crippen LogP contribution >= 0.6 is 11.3 Å². The van der Waals surface area contributed by atoms with Crippen molar-refractivity contribution in [2.75, 3.05) is 5.32 Å². The lowest BCUT2D eigenvalue weighted by molar-refractivity contribution is -0.137. The number of aromatic nitrogens is 4. The minimum Gasteiger partial charge on any atom is -0.480 e. The van der Waals surface area contributed by atoms with Gasteiger partial charge in [0.15, 0.2) is 10.8 Å². The summed E-state index contributed by atoms with van der Waals surface area (Å²) in [4.78, 5) is 21.0. The molecule has 4 rings (SSSR count). The molecule has 4 aromatic rings. The molecule has 1 atom stereocenters. The monoisotopic (exact) mass is 543 g/mol. The van der Waals surface area contributed by atoms with Crippen molar-refractivity contribution in [2.45, 2.75) is 77.7 Å². The molecule has 8 heteroatoms. The number of hydrogen-bond donors (Lipinski definition) is 2. The molecule has 2 N–H and O–H groups in total. The average Bonchev–Trinajstić information content (AvgIpc) is 3.40. The molecule has 0 spiro atoms. The summed E-state index contributed by atoms with van der Waals surface area (Å²) in [5.74, 6) is -0.278. The van der Waals surface area contributed by atoms with Crippen molar-refractivity contribution in [3.05, 3.63) is 77.1 Å². The lowest BCUT2D eigenvalue weighted by Gasteiger charge is -2.20. The van der Waals surface area contributed by atoms with Crippen LogP contribution in [0.1, 0.15) is 69.5 Å². The van der Waals surface area contributed by atoms with E-state index < -0.39 is 12.0 Å². The van der Waals surface area contributed by atoms with E-state index >= 15 is 0 Å². The highest BCUT2D eigenvalue weighted by Gasteiger charge is 2.19. The van der Waals surface area contributed by atoms with Gasteiger partial charge in [0.1, 0.15) is 11.0 Å². The zero-order valence-corrected chi connectivity index (χ0v) is 24.0. The fourth-order valence-electron chi connectivity index (χ4n) is 4.26. The summed E-state index contributed by atoms with van der Waals surface area (Å²) in [6, 6.07) is 15.0. The summed E-state index contributed by atoms with van der Waals surface area (Å²) in [5, 5.41) is 23.5. The van der Waals surface area contributed by atoms with E-state index in [-0.39, 0.29) is 5.41 Å². The number of aryl methyl sites for hydroxylation is 1. The first-order valence-corrected chi connectivity index (χ1v) is 14.4. The molecule has 2 aromatic carbocycles. The van der Waals surface area contributed by atoms with Crippen LogP contribution in [0.5, 0.6) is 0 Å². The number of nitrogens with zero attached hydrogens (tertiary/aromatic N) is 4. The Labute approximate surface area is 234 Å². The van der Waals surface area contributed by atoms with Crippen LogP contribution in [0.15, 0.2) is 60.9 Å². The van der Waals surface area contributed by atoms with E-state index in [9.17, 15) is 9.90 Å². The zero-order valence-electron chi connectivity index (χ0n) is 23.1. The second-order valence-electron chi connectivity index (χ2n) is 10.9. The van der Waals surface area contributed by atoms with Crippen molar-refractivity contribution in [3.63, 3.8) is 0 Å². The summed E-state index contributed by atoms with van der Waals surface area (Å²) >= 11 is 1.60. The maximum atomic E-state index is 12.0. The topological polar surface area (TPSA) is 101 Å². The number of carbonyl (C=O) groups is 1. The third-order valence-corrected chi connectivity index (χ3v) is 7.68. The Morgan fingerprint density at radius 1 is 0.923 bits per heavy atom. The van der Waals surface area contributed by atoms with Crippen molar-refractivity contribution in [1.82, 2.24) is 20.2 Å². The second kappa shape index (κ2) is 12.9. The van der Waals surface area contributed by atoms with Crippen molar-refractivity contribution in [2.24, 2.45) is 0 Å². The van der Waals surface area contributed by atoms with Gasteiger partial charge in [-0.15, -0.1) is 10.2 Å². The fraction of sp³-hybridized carbons (Fsp3) is 0.387. The first-order chi connectivity index (χ1) is 18.7. The molecule has 2 aromatic heterocycles. The lowest BCUT2D eigenvalue weighted by Crippen LogP contribution is -2.31. The number of nitrogens with one attached hydrogen (secondary N) is 1. The fourth-order valence-corrected chi connectivity index (χ4v) is 5.11. The summed E-state index contributed by atoms with van der Waals surface area (Å²) in [6.45, 7) is 8.68. The average molecular weight is 544 g/mol. The highest BCUT2D eigenvalue weighted by molar-refractivity contribution is 7.14. The molecule has 0 saturated carbocycles. The van der Waals surface area contributed by atoms with Gasteiger partial charge >= 0.3 is 5.97 Å². The van der Waals surface area contributed by atoms with Gasteiger partial charge in [-0.2, -0.15) is 0 Å². The van der Waals surface area contributed by atoms with Gasteiger partial charge in [0.25, 0.3) is 0 Å². The number of hydrogen-bond acceptors (Lipinski definition) is 7. The molecule has 0 aliphatic heterocycles. The molecule has 39 heavy (non-hydrogen) atoms. The Kier molecular flexibility index (Phi) is 9.41. The van der Waals surface area contributed by atoms with Gasteiger partial charge in [0.05, 0.1) is 0 Å². The summed E-state index contributed by atoms with van der Waals surface area (Å²) in [5.41, 5.74) is 4.69. The van der Waals surface area contributed by atoms with Gasteiger partial charge in [-0.05, 0) is 35.1 Å². The Balaban J connectivity index is 1.37. The molecular weight excluding hydrogens is 506 g/mol. The van der Waals surface area contributed by atoms with E-state index in [2.05, 4.69) is 53.2 Å². The van der Waals surface area contributed by atoms with Gasteiger partial charge in [-0.3, -0.25) is 0 Å². The smallest absolute Gasteiger partial charge is 0.326 e. The van der Waals surface area contributed by atoms with Gasteiger partial charge < -0.3 is 10.4 Å². The van der Waals surface area contributed by atoms with Gasteiger partial charge in [0, 0.05) is 42.0 Å². The molecule has 0 saturated heterocycles. The number of carboxylic acids is 1. The maximum absolute atomic E-state index is 12.0. The van der Waals surface area contributed by atoms with E-state index in [1.165, 1.54) is 24.8 Å². The molecule has 2 heterocycles. The molecular formula is C31H37N5O2S. The van der Waals surface area contributed by atoms with Crippen molar-refractivity contribution in [3.8, 4) is 22.0 Å². The van der Waals surface area contributed by atoms with E-state index in [1.807, 2.05) is 48.5 Å². The molecule has 0 bridgehead atoms. The number of aliphatic carboxylic acids is 1. The van der Waals surface area contributed by atoms with Crippen LogP contribution in [0.3, 0.4) is 0 Å². The number of anilines is 1. The van der Waals surface area contributed by atoms with Crippen LogP contribution in [-0.2, 0) is 23.1 Å². The quantitative estimate of drug-likeness (QED) is 0.182. The van der Waals surface area contributed by atoms with Gasteiger partial charge in [-0.1, -0.05) is 94.7 Å². The largest absolute Gasteiger partial charge is 0.480 e. The van der Waals surface area contributed by atoms with Gasteiger partial charge in [0.2, 0.25) is 0 Å². The van der Waals surface area contributed by atoms with Crippen LogP contribution in [0.2, 0.25) is 0 Å². The van der Waals surface area contributed by atoms with E-state index in [4.69, 9.17) is 0 Å². The Hall–Kier alpha value is -3.65. The zero-order chi connectivity index (χ0) is 27.8. The summed E-state index contributed by atoms with van der Waals surface area (Å²) < 4.78 is 0. The summed E-state index contributed by atoms with van der Waals surface area (Å²) in [7, 11) is 0. The number of rotatable bonds is 12. The van der Waals surface area contributed by atoms with Crippen LogP contribution in [0, 0.1) is 0 Å². The highest BCUT2D eigenvalue weighted by atomic mass is 32.1. The van der Waals surface area contributed by atoms with Crippen LogP contribution < -0.4 is 5.32 Å². The second-order valence-corrected chi connectivity index (χ2v) is 11.9. The lowest BCUT2D eigenvalue weighted by atomic mass is 9.87. The predicted molar refractivity (Wildman–Crippen MR) is 158 cm³/mol. The van der Waals surface area contributed by atoms with Gasteiger partial charge in [-0.25, -0.2) is 14.8 Å². The number of carboxylic acid groups (broad SMARTS) is 1. The molecule has 0 fully saturated rings. The van der Waals surface area contributed by atoms with Crippen LogP contribution in [-0.4, -0.2) is 37.3 Å². The Morgan fingerprint density at radius 2 is 1.62 bits per heavy atom. The molecule has 0 unspecified atom stereocenters. The first-order valence-electron chi connectivity index (χ1n) is 13.6. The van der Waals surface area contributed by atoms with Crippen LogP contribution in [0.4, 0.5) is 5.69 Å². The Morgan fingerprint density at radius 3 is 2.23 bits per heavy atom. The van der Waals surface area contributed by atoms with E-state index in [1.54, 1.807) is 23.7 Å². The Bertz CT molecular complexity index is 1340. The number of benzene rings is 2. The standard InChI is InChI=1S/C31H37N5O2S/c1-5-6-7-8-9-27-35-36-29(39-27)23-19-32-28(33-20-23)22-12-10-21(11-13-22)18-26(30(37)38)34-25-16-14-24(15-17-25)31(2,3)4/h10-17,19-20,26,34H,5-9,18H2,1-4H3,(H,37,38)/t26-/m0/s1. The molecule has 0 aliphatic rings. The number of unbranched alkanes of at least 4 members (excludes halogenated alkanes) is 3. The third kappa shape index (κ3) is 7.93. The SMILES string of the molecule is CCCCCCc1nnc(-c2cnc(-c3ccc(C[C@H](Nc4ccc(C(C)(C)C)cc4)C(=O)O)cc3)nc2)s1. The maximum Gasteiger partial charge on any atom is 0.326 e. The summed E-state index contributed by atoms with van der Waals surface area (Å²) in [6.07, 6.45) is 9.73. The molecule has 0 amide bonds. The normalized spacial score (nSPS) is 12.3. The minimum atomic E-state index is -0.890. The molecule has 0 radical (unpaired) electrons. The molecule has 0 aliphatic carbocycles. The van der Waals surface area contributed by atoms with Crippen molar-refractivity contribution >= 4 is 23.0 Å². The van der Waals surface area contributed by atoms with Crippen molar-refractivity contribution in [1.29, 1.82) is 0 Å². The van der Waals surface area contributed by atoms with E-state index in [0.717, 1.165) is 45.2 Å². The third-order valence-electron chi connectivity index (χ3n) is 6.65. The molecule has 7 nitrogen and oxygen atoms in total. The van der Waals surface area contributed by atoms with E-state index in [0.29, 0.717) is 12.2 Å². The molecule has 204 valence electrons. The highest BCUT2D eigenvalue weighted by Crippen LogP contribution is 2.26.